The SMILES string of the molecule is CC(C)(C)c1ccc(-c2c(-c3ccccc3)nn(-c3cccc(Oc4ccc5c6ccccc6n(-c6cc(C(F)(F)F)ccn6)c5c4)c3)c2-c2ccccc2)cc1. The van der Waals surface area contributed by atoms with Crippen LogP contribution in [-0.4, -0.2) is 19.3 Å². The molecule has 0 aliphatic rings. The van der Waals surface area contributed by atoms with Crippen molar-refractivity contribution in [3.05, 3.63) is 181 Å². The molecule has 5 nitrogen and oxygen atoms in total. The van der Waals surface area contributed by atoms with Crippen LogP contribution in [-0.2, 0) is 11.6 Å². The van der Waals surface area contributed by atoms with E-state index in [1.165, 1.54) is 11.8 Å². The second-order valence-corrected chi connectivity index (χ2v) is 15.1. The Morgan fingerprint density at radius 3 is 1.93 bits per heavy atom. The van der Waals surface area contributed by atoms with Gasteiger partial charge >= 0.3 is 6.18 Å². The first-order valence-electron chi connectivity index (χ1n) is 18.7. The third kappa shape index (κ3) is 6.73. The molecule has 3 heterocycles. The first-order chi connectivity index (χ1) is 27.5. The number of aromatic nitrogens is 4. The average molecular weight is 755 g/mol. The van der Waals surface area contributed by atoms with E-state index < -0.39 is 11.7 Å². The second-order valence-electron chi connectivity index (χ2n) is 15.1. The van der Waals surface area contributed by atoms with Crippen LogP contribution in [0.5, 0.6) is 11.5 Å². The summed E-state index contributed by atoms with van der Waals surface area (Å²) in [6.45, 7) is 6.64. The second kappa shape index (κ2) is 14.0. The molecule has 9 aromatic rings. The quantitative estimate of drug-likeness (QED) is 0.163. The van der Waals surface area contributed by atoms with Gasteiger partial charge in [0, 0.05) is 45.8 Å². The molecular formula is C49H37F3N4O. The Bertz CT molecular complexity index is 2890. The van der Waals surface area contributed by atoms with Crippen molar-refractivity contribution in [2.24, 2.45) is 0 Å². The molecule has 0 atom stereocenters. The molecule has 9 rings (SSSR count). The van der Waals surface area contributed by atoms with Crippen LogP contribution in [0.15, 0.2) is 170 Å². The van der Waals surface area contributed by atoms with Crippen molar-refractivity contribution in [1.29, 1.82) is 0 Å². The number of benzene rings is 6. The van der Waals surface area contributed by atoms with E-state index >= 15 is 0 Å². The minimum absolute atomic E-state index is 0.00382. The molecule has 0 radical (unpaired) electrons. The summed E-state index contributed by atoms with van der Waals surface area (Å²) in [4.78, 5) is 4.37. The van der Waals surface area contributed by atoms with Gasteiger partial charge in [-0.15, -0.1) is 0 Å². The van der Waals surface area contributed by atoms with E-state index in [-0.39, 0.29) is 11.2 Å². The summed E-state index contributed by atoms with van der Waals surface area (Å²) in [6, 6.07) is 52.4. The number of alkyl halides is 3. The maximum absolute atomic E-state index is 13.8. The third-order valence-electron chi connectivity index (χ3n) is 10.3. The Morgan fingerprint density at radius 1 is 0.544 bits per heavy atom. The molecule has 6 aromatic carbocycles. The topological polar surface area (TPSA) is 44.9 Å². The fraction of sp³-hybridized carbons (Fsp3) is 0.102. The summed E-state index contributed by atoms with van der Waals surface area (Å²) in [6.07, 6.45) is -3.32. The largest absolute Gasteiger partial charge is 0.457 e. The van der Waals surface area contributed by atoms with Gasteiger partial charge in [-0.25, -0.2) is 9.67 Å². The normalized spacial score (nSPS) is 12.0. The zero-order valence-corrected chi connectivity index (χ0v) is 31.5. The van der Waals surface area contributed by atoms with Crippen molar-refractivity contribution in [2.75, 3.05) is 0 Å². The molecule has 0 saturated carbocycles. The lowest BCUT2D eigenvalue weighted by molar-refractivity contribution is -0.137. The van der Waals surface area contributed by atoms with E-state index in [0.29, 0.717) is 17.0 Å². The fourth-order valence-corrected chi connectivity index (χ4v) is 7.47. The number of nitrogens with zero attached hydrogens (tertiary/aromatic N) is 4. The van der Waals surface area contributed by atoms with Crippen LogP contribution in [0.4, 0.5) is 13.2 Å². The zero-order valence-electron chi connectivity index (χ0n) is 31.5. The van der Waals surface area contributed by atoms with Gasteiger partial charge in [0.15, 0.2) is 0 Å². The van der Waals surface area contributed by atoms with Gasteiger partial charge in [-0.1, -0.05) is 130 Å². The number of rotatable bonds is 7. The molecule has 57 heavy (non-hydrogen) atoms. The Labute approximate surface area is 328 Å². The highest BCUT2D eigenvalue weighted by Crippen LogP contribution is 2.43. The zero-order chi connectivity index (χ0) is 39.3. The molecule has 3 aromatic heterocycles. The lowest BCUT2D eigenvalue weighted by atomic mass is 9.85. The van der Waals surface area contributed by atoms with Crippen LogP contribution < -0.4 is 4.74 Å². The number of ether oxygens (including phenoxy) is 1. The Kier molecular flexibility index (Phi) is 8.77. The minimum atomic E-state index is -4.51. The van der Waals surface area contributed by atoms with E-state index in [9.17, 15) is 13.2 Å². The van der Waals surface area contributed by atoms with Gasteiger partial charge in [0.05, 0.1) is 28.0 Å². The molecule has 0 N–H and O–H groups in total. The monoisotopic (exact) mass is 754 g/mol. The van der Waals surface area contributed by atoms with Gasteiger partial charge in [0.25, 0.3) is 0 Å². The highest BCUT2D eigenvalue weighted by atomic mass is 19.4. The molecule has 0 aliphatic heterocycles. The van der Waals surface area contributed by atoms with Crippen molar-refractivity contribution in [3.8, 4) is 56.6 Å². The predicted octanol–water partition coefficient (Wildman–Crippen LogP) is 13.5. The fourth-order valence-electron chi connectivity index (χ4n) is 7.47. The van der Waals surface area contributed by atoms with Gasteiger partial charge < -0.3 is 4.74 Å². The van der Waals surface area contributed by atoms with Crippen LogP contribution in [0.2, 0.25) is 0 Å². The van der Waals surface area contributed by atoms with Gasteiger partial charge in [-0.3, -0.25) is 4.57 Å². The highest BCUT2D eigenvalue weighted by molar-refractivity contribution is 6.09. The number of para-hydroxylation sites is 1. The van der Waals surface area contributed by atoms with Crippen molar-refractivity contribution >= 4 is 21.8 Å². The molecule has 0 aliphatic carbocycles. The molecule has 0 unspecified atom stereocenters. The minimum Gasteiger partial charge on any atom is -0.457 e. The number of fused-ring (bicyclic) bond motifs is 3. The van der Waals surface area contributed by atoms with Gasteiger partial charge in [-0.05, 0) is 59.0 Å². The van der Waals surface area contributed by atoms with Crippen LogP contribution >= 0.6 is 0 Å². The highest BCUT2D eigenvalue weighted by Gasteiger charge is 2.31. The van der Waals surface area contributed by atoms with E-state index in [1.54, 1.807) is 4.57 Å². The van der Waals surface area contributed by atoms with Crippen LogP contribution in [0, 0.1) is 0 Å². The Morgan fingerprint density at radius 2 is 1.21 bits per heavy atom. The third-order valence-corrected chi connectivity index (χ3v) is 10.3. The molecular weight excluding hydrogens is 718 g/mol. The van der Waals surface area contributed by atoms with E-state index in [4.69, 9.17) is 9.84 Å². The number of halogens is 3. The molecule has 0 bridgehead atoms. The van der Waals surface area contributed by atoms with Crippen molar-refractivity contribution in [3.63, 3.8) is 0 Å². The van der Waals surface area contributed by atoms with E-state index in [2.05, 4.69) is 74.3 Å². The maximum Gasteiger partial charge on any atom is 0.416 e. The number of hydrogen-bond donors (Lipinski definition) is 0. The van der Waals surface area contributed by atoms with Crippen LogP contribution in [0.25, 0.3) is 67.0 Å². The van der Waals surface area contributed by atoms with Crippen LogP contribution in [0.3, 0.4) is 0 Å². The van der Waals surface area contributed by atoms with Gasteiger partial charge in [-0.2, -0.15) is 18.3 Å². The summed E-state index contributed by atoms with van der Waals surface area (Å²) >= 11 is 0. The summed E-state index contributed by atoms with van der Waals surface area (Å²) in [5.41, 5.74) is 8.55. The summed E-state index contributed by atoms with van der Waals surface area (Å²) in [5, 5.41) is 7.09. The lowest BCUT2D eigenvalue weighted by Crippen LogP contribution is -2.10. The molecule has 0 saturated heterocycles. The van der Waals surface area contributed by atoms with E-state index in [1.807, 2.05) is 108 Å². The molecule has 8 heteroatoms. The van der Waals surface area contributed by atoms with Crippen LogP contribution in [0.1, 0.15) is 31.9 Å². The summed E-state index contributed by atoms with van der Waals surface area (Å²) in [7, 11) is 0. The van der Waals surface area contributed by atoms with E-state index in [0.717, 1.165) is 67.8 Å². The number of pyridine rings is 1. The van der Waals surface area contributed by atoms with Gasteiger partial charge in [0.2, 0.25) is 0 Å². The maximum atomic E-state index is 13.8. The molecule has 0 fully saturated rings. The molecule has 0 spiro atoms. The van der Waals surface area contributed by atoms with Gasteiger partial charge in [0.1, 0.15) is 23.0 Å². The standard InChI is InChI=1S/C49H37F3N4O/c1-48(2,3)35-23-21-32(22-24-35)45-46(33-13-6-4-7-14-33)54-56(47(45)34-15-8-5-9-16-34)37-17-12-18-38(30-37)57-39-25-26-41-40-19-10-11-20-42(40)55(43(41)31-39)44-29-36(27-28-53-44)49(50,51)52/h4-31H,1-3H3. The molecule has 0 amide bonds. The lowest BCUT2D eigenvalue weighted by Gasteiger charge is -2.19. The van der Waals surface area contributed by atoms with Crippen molar-refractivity contribution < 1.29 is 17.9 Å². The first kappa shape index (κ1) is 35.8. The predicted molar refractivity (Wildman–Crippen MR) is 222 cm³/mol. The number of hydrogen-bond acceptors (Lipinski definition) is 3. The smallest absolute Gasteiger partial charge is 0.416 e. The first-order valence-corrected chi connectivity index (χ1v) is 18.7. The average Bonchev–Trinajstić information content (AvgIpc) is 3.78. The summed E-state index contributed by atoms with van der Waals surface area (Å²) < 4.78 is 51.7. The Hall–Kier alpha value is -6.93. The Balaban J connectivity index is 1.17. The summed E-state index contributed by atoms with van der Waals surface area (Å²) in [5.74, 6) is 1.25. The van der Waals surface area contributed by atoms with Crippen molar-refractivity contribution in [1.82, 2.24) is 19.3 Å². The van der Waals surface area contributed by atoms with Crippen molar-refractivity contribution in [2.45, 2.75) is 32.4 Å². The molecule has 280 valence electrons.